The predicted octanol–water partition coefficient (Wildman–Crippen LogP) is 2.86. The molecule has 1 fully saturated rings. The maximum Gasteiger partial charge on any atom is 0.143 e. The maximum absolute atomic E-state index is 13.6. The molecule has 0 spiro atoms. The molecule has 1 N–H and O–H groups in total. The minimum absolute atomic E-state index is 0.0164. The Hall–Kier alpha value is -1.29. The van der Waals surface area contributed by atoms with Gasteiger partial charge in [-0.2, -0.15) is 0 Å². The van der Waals surface area contributed by atoms with E-state index in [4.69, 9.17) is 0 Å². The van der Waals surface area contributed by atoms with Crippen molar-refractivity contribution in [2.24, 2.45) is 5.41 Å². The molecule has 1 heterocycles. The van der Waals surface area contributed by atoms with Crippen LogP contribution in [-0.2, 0) is 11.2 Å². The van der Waals surface area contributed by atoms with Gasteiger partial charge in [0.05, 0.1) is 0 Å². The van der Waals surface area contributed by atoms with Crippen LogP contribution >= 0.6 is 0 Å². The van der Waals surface area contributed by atoms with Crippen LogP contribution in [0.2, 0.25) is 0 Å². The van der Waals surface area contributed by atoms with Gasteiger partial charge in [0.25, 0.3) is 0 Å². The summed E-state index contributed by atoms with van der Waals surface area (Å²) < 4.78 is 26.7. The van der Waals surface area contributed by atoms with Crippen molar-refractivity contribution >= 4 is 5.78 Å². The Morgan fingerprint density at radius 2 is 2.00 bits per heavy atom. The van der Waals surface area contributed by atoms with Crippen LogP contribution in [0.1, 0.15) is 31.7 Å². The number of ketones is 1. The van der Waals surface area contributed by atoms with Gasteiger partial charge >= 0.3 is 0 Å². The lowest BCUT2D eigenvalue weighted by molar-refractivity contribution is -0.129. The first-order valence-corrected chi connectivity index (χ1v) is 6.75. The second-order valence-electron chi connectivity index (χ2n) is 5.22. The fourth-order valence-electron chi connectivity index (χ4n) is 2.77. The smallest absolute Gasteiger partial charge is 0.143 e. The molecule has 19 heavy (non-hydrogen) atoms. The van der Waals surface area contributed by atoms with E-state index < -0.39 is 11.6 Å². The summed E-state index contributed by atoms with van der Waals surface area (Å²) in [5.41, 5.74) is -0.208. The Bertz CT molecular complexity index is 467. The molecule has 0 bridgehead atoms. The molecule has 1 saturated heterocycles. The average Bonchev–Trinajstić information content (AvgIpc) is 2.43. The van der Waals surface area contributed by atoms with Crippen molar-refractivity contribution in [3.63, 3.8) is 0 Å². The third-order valence-corrected chi connectivity index (χ3v) is 4.19. The summed E-state index contributed by atoms with van der Waals surface area (Å²) in [5, 5.41) is 3.23. The van der Waals surface area contributed by atoms with Gasteiger partial charge in [0, 0.05) is 11.8 Å². The van der Waals surface area contributed by atoms with Crippen molar-refractivity contribution in [3.8, 4) is 0 Å². The maximum atomic E-state index is 13.6. The quantitative estimate of drug-likeness (QED) is 0.909. The van der Waals surface area contributed by atoms with Crippen LogP contribution in [0.15, 0.2) is 18.2 Å². The molecule has 1 aliphatic heterocycles. The van der Waals surface area contributed by atoms with Gasteiger partial charge in [-0.1, -0.05) is 6.92 Å². The highest BCUT2D eigenvalue weighted by Crippen LogP contribution is 2.34. The van der Waals surface area contributed by atoms with Gasteiger partial charge in [-0.25, -0.2) is 8.78 Å². The van der Waals surface area contributed by atoms with E-state index in [1.54, 1.807) is 0 Å². The van der Waals surface area contributed by atoms with Crippen molar-refractivity contribution in [3.05, 3.63) is 35.4 Å². The first-order valence-electron chi connectivity index (χ1n) is 6.75. The van der Waals surface area contributed by atoms with E-state index in [0.29, 0.717) is 0 Å². The second kappa shape index (κ2) is 5.78. The second-order valence-corrected chi connectivity index (χ2v) is 5.22. The lowest BCUT2D eigenvalue weighted by Crippen LogP contribution is -2.42. The van der Waals surface area contributed by atoms with E-state index >= 15 is 0 Å². The van der Waals surface area contributed by atoms with E-state index in [2.05, 4.69) is 5.32 Å². The van der Waals surface area contributed by atoms with Crippen molar-refractivity contribution in [1.29, 1.82) is 0 Å². The molecule has 2 nitrogen and oxygen atoms in total. The highest BCUT2D eigenvalue weighted by atomic mass is 19.1. The lowest BCUT2D eigenvalue weighted by Gasteiger charge is -2.35. The van der Waals surface area contributed by atoms with Crippen LogP contribution in [0.4, 0.5) is 8.78 Å². The molecule has 0 radical (unpaired) electrons. The number of nitrogens with one attached hydrogen (secondary N) is 1. The zero-order valence-corrected chi connectivity index (χ0v) is 11.1. The predicted molar refractivity (Wildman–Crippen MR) is 69.9 cm³/mol. The number of halogens is 2. The zero-order chi connectivity index (χ0) is 13.9. The van der Waals surface area contributed by atoms with Crippen LogP contribution in [0, 0.1) is 17.0 Å². The van der Waals surface area contributed by atoms with Gasteiger partial charge in [-0.05, 0) is 56.1 Å². The van der Waals surface area contributed by atoms with Gasteiger partial charge in [-0.15, -0.1) is 0 Å². The Balaban J connectivity index is 2.17. The highest BCUT2D eigenvalue weighted by Gasteiger charge is 2.37. The number of carbonyl (C=O) groups excluding carboxylic acids is 1. The summed E-state index contributed by atoms with van der Waals surface area (Å²) in [6, 6.07) is 3.28. The van der Waals surface area contributed by atoms with Gasteiger partial charge in [0.1, 0.15) is 17.4 Å². The standard InChI is InChI=1S/C15H19F2NO/c1-2-15(5-7-18-8-6-15)14(19)10-11-9-12(16)3-4-13(11)17/h3-4,9,18H,2,5-8,10H2,1H3. The lowest BCUT2D eigenvalue weighted by atomic mass is 9.71. The fourth-order valence-corrected chi connectivity index (χ4v) is 2.77. The zero-order valence-electron chi connectivity index (χ0n) is 11.1. The summed E-state index contributed by atoms with van der Waals surface area (Å²) in [7, 11) is 0. The van der Waals surface area contributed by atoms with E-state index in [9.17, 15) is 13.6 Å². The van der Waals surface area contributed by atoms with Crippen LogP contribution in [0.3, 0.4) is 0 Å². The minimum Gasteiger partial charge on any atom is -0.317 e. The largest absolute Gasteiger partial charge is 0.317 e. The molecule has 1 aromatic carbocycles. The summed E-state index contributed by atoms with van der Waals surface area (Å²) in [4.78, 5) is 12.5. The van der Waals surface area contributed by atoms with Gasteiger partial charge in [0.2, 0.25) is 0 Å². The molecule has 0 saturated carbocycles. The fraction of sp³-hybridized carbons (Fsp3) is 0.533. The van der Waals surface area contributed by atoms with Crippen LogP contribution in [-0.4, -0.2) is 18.9 Å². The van der Waals surface area contributed by atoms with Crippen LogP contribution < -0.4 is 5.32 Å². The molecule has 2 rings (SSSR count). The number of Topliss-reactive ketones (excluding diaryl/α,β-unsaturated/α-hetero) is 1. The number of rotatable bonds is 4. The highest BCUT2D eigenvalue weighted by molar-refractivity contribution is 5.87. The van der Waals surface area contributed by atoms with Crippen LogP contribution in [0.25, 0.3) is 0 Å². The molecule has 1 aliphatic rings. The molecular weight excluding hydrogens is 248 g/mol. The summed E-state index contributed by atoms with van der Waals surface area (Å²) in [6.45, 7) is 3.61. The van der Waals surface area contributed by atoms with Crippen molar-refractivity contribution in [1.82, 2.24) is 5.32 Å². The summed E-state index contributed by atoms with van der Waals surface area (Å²) in [6.07, 6.45) is 2.29. The van der Waals surface area contributed by atoms with E-state index in [-0.39, 0.29) is 23.2 Å². The Kier molecular flexibility index (Phi) is 4.30. The molecule has 1 aromatic rings. The van der Waals surface area contributed by atoms with Crippen molar-refractivity contribution < 1.29 is 13.6 Å². The molecule has 0 unspecified atom stereocenters. The van der Waals surface area contributed by atoms with Gasteiger partial charge < -0.3 is 5.32 Å². The number of carbonyl (C=O) groups is 1. The number of hydrogen-bond donors (Lipinski definition) is 1. The molecule has 0 aromatic heterocycles. The average molecular weight is 267 g/mol. The monoisotopic (exact) mass is 267 g/mol. The van der Waals surface area contributed by atoms with Crippen molar-refractivity contribution in [2.75, 3.05) is 13.1 Å². The van der Waals surface area contributed by atoms with Crippen LogP contribution in [0.5, 0.6) is 0 Å². The normalized spacial score (nSPS) is 18.3. The van der Waals surface area contributed by atoms with E-state index in [1.807, 2.05) is 6.92 Å². The third-order valence-electron chi connectivity index (χ3n) is 4.19. The van der Waals surface area contributed by atoms with Gasteiger partial charge in [0.15, 0.2) is 0 Å². The molecule has 0 atom stereocenters. The topological polar surface area (TPSA) is 29.1 Å². The molecule has 4 heteroatoms. The Morgan fingerprint density at radius 3 is 2.63 bits per heavy atom. The molecule has 0 amide bonds. The first kappa shape index (κ1) is 14.1. The SMILES string of the molecule is CCC1(C(=O)Cc2cc(F)ccc2F)CCNCC1. The molecular formula is C15H19F2NO. The number of hydrogen-bond acceptors (Lipinski definition) is 2. The molecule has 0 aliphatic carbocycles. The first-order chi connectivity index (χ1) is 9.07. The van der Waals surface area contributed by atoms with Gasteiger partial charge in [-0.3, -0.25) is 4.79 Å². The van der Waals surface area contributed by atoms with E-state index in [0.717, 1.165) is 50.6 Å². The number of piperidine rings is 1. The third kappa shape index (κ3) is 3.00. The summed E-state index contributed by atoms with van der Waals surface area (Å²) >= 11 is 0. The molecule has 104 valence electrons. The van der Waals surface area contributed by atoms with Crippen molar-refractivity contribution in [2.45, 2.75) is 32.6 Å². The van der Waals surface area contributed by atoms with E-state index in [1.165, 1.54) is 0 Å². The minimum atomic E-state index is -0.505. The Labute approximate surface area is 112 Å². The number of benzene rings is 1. The summed E-state index contributed by atoms with van der Waals surface area (Å²) in [5.74, 6) is -0.976. The Morgan fingerprint density at radius 1 is 1.32 bits per heavy atom.